The molecule has 0 atom stereocenters. The second-order valence-corrected chi connectivity index (χ2v) is 7.78. The molecule has 1 saturated heterocycles. The SMILES string of the molecule is [C-]#[N+]c1cc(C(=O)NCCc2ccc(N3CCNCC3)cc2)nc2c(NC)nsc12. The van der Waals surface area contributed by atoms with Crippen molar-refractivity contribution < 1.29 is 4.79 Å². The fourth-order valence-corrected chi connectivity index (χ4v) is 4.26. The van der Waals surface area contributed by atoms with Gasteiger partial charge in [0, 0.05) is 45.5 Å². The van der Waals surface area contributed by atoms with Crippen molar-refractivity contribution >= 4 is 44.8 Å². The van der Waals surface area contributed by atoms with Gasteiger partial charge in [0.25, 0.3) is 5.91 Å². The lowest BCUT2D eigenvalue weighted by Crippen LogP contribution is -2.43. The van der Waals surface area contributed by atoms with Gasteiger partial charge in [-0.3, -0.25) is 4.79 Å². The quantitative estimate of drug-likeness (QED) is 0.531. The van der Waals surface area contributed by atoms with E-state index < -0.39 is 0 Å². The van der Waals surface area contributed by atoms with Crippen molar-refractivity contribution in [2.45, 2.75) is 6.42 Å². The van der Waals surface area contributed by atoms with E-state index >= 15 is 0 Å². The molecule has 3 N–H and O–H groups in total. The van der Waals surface area contributed by atoms with Crippen LogP contribution in [0.2, 0.25) is 0 Å². The molecule has 0 spiro atoms. The Bertz CT molecular complexity index is 1080. The average Bonchev–Trinajstić information content (AvgIpc) is 3.22. The second-order valence-electron chi connectivity index (χ2n) is 7.01. The third kappa shape index (κ3) is 4.20. The van der Waals surface area contributed by atoms with E-state index in [-0.39, 0.29) is 11.6 Å². The van der Waals surface area contributed by atoms with Crippen LogP contribution in [0, 0.1) is 6.57 Å². The summed E-state index contributed by atoms with van der Waals surface area (Å²) < 4.78 is 4.94. The summed E-state index contributed by atoms with van der Waals surface area (Å²) in [7, 11) is 1.74. The summed E-state index contributed by atoms with van der Waals surface area (Å²) >= 11 is 1.21. The lowest BCUT2D eigenvalue weighted by molar-refractivity contribution is 0.0949. The average molecular weight is 422 g/mol. The van der Waals surface area contributed by atoms with Crippen LogP contribution in [0.5, 0.6) is 0 Å². The van der Waals surface area contributed by atoms with Crippen molar-refractivity contribution in [1.82, 2.24) is 20.0 Å². The second kappa shape index (κ2) is 9.07. The number of nitrogens with zero attached hydrogens (tertiary/aromatic N) is 4. The summed E-state index contributed by atoms with van der Waals surface area (Å²) in [6.45, 7) is 12.0. The molecule has 1 aliphatic rings. The highest BCUT2D eigenvalue weighted by molar-refractivity contribution is 7.14. The summed E-state index contributed by atoms with van der Waals surface area (Å²) in [6, 6.07) is 10.0. The molecule has 0 bridgehead atoms. The Hall–Kier alpha value is -3.22. The number of amides is 1. The third-order valence-corrected chi connectivity index (χ3v) is 5.97. The number of carbonyl (C=O) groups excluding carboxylic acids is 1. The van der Waals surface area contributed by atoms with E-state index in [0.29, 0.717) is 28.3 Å². The van der Waals surface area contributed by atoms with Crippen molar-refractivity contribution in [1.29, 1.82) is 0 Å². The van der Waals surface area contributed by atoms with Gasteiger partial charge in [0.2, 0.25) is 5.69 Å². The van der Waals surface area contributed by atoms with Gasteiger partial charge in [-0.1, -0.05) is 12.1 Å². The van der Waals surface area contributed by atoms with Gasteiger partial charge in [0.1, 0.15) is 11.2 Å². The van der Waals surface area contributed by atoms with E-state index in [2.05, 4.69) is 59.3 Å². The van der Waals surface area contributed by atoms with E-state index in [9.17, 15) is 4.79 Å². The molecule has 9 heteroatoms. The molecule has 0 saturated carbocycles. The first-order valence-electron chi connectivity index (χ1n) is 9.88. The number of aromatic nitrogens is 2. The Balaban J connectivity index is 1.38. The molecule has 1 amide bonds. The molecule has 30 heavy (non-hydrogen) atoms. The van der Waals surface area contributed by atoms with E-state index in [1.807, 2.05) is 0 Å². The van der Waals surface area contributed by atoms with Crippen molar-refractivity contribution in [2.75, 3.05) is 50.0 Å². The van der Waals surface area contributed by atoms with E-state index in [0.717, 1.165) is 32.6 Å². The van der Waals surface area contributed by atoms with Gasteiger partial charge in [-0.15, -0.1) is 0 Å². The molecule has 8 nitrogen and oxygen atoms in total. The number of benzene rings is 1. The summed E-state index contributed by atoms with van der Waals surface area (Å²) in [6.07, 6.45) is 0.729. The zero-order valence-corrected chi connectivity index (χ0v) is 17.6. The maximum absolute atomic E-state index is 12.6. The highest BCUT2D eigenvalue weighted by Gasteiger charge is 2.16. The molecule has 2 aromatic heterocycles. The summed E-state index contributed by atoms with van der Waals surface area (Å²) in [5.41, 5.74) is 3.59. The maximum Gasteiger partial charge on any atom is 0.268 e. The third-order valence-electron chi connectivity index (χ3n) is 5.11. The van der Waals surface area contributed by atoms with Gasteiger partial charge in [-0.2, -0.15) is 4.37 Å². The molecular formula is C21H23N7OS. The standard InChI is InChI=1S/C21H23N7OS/c1-22-16-13-17(26-18-19(16)30-27-20(18)23-2)21(29)25-8-7-14-3-5-15(6-4-14)28-11-9-24-10-12-28/h3-6,13,24H,7-12H2,2H3,(H,23,27)(H,25,29). The van der Waals surface area contributed by atoms with Gasteiger partial charge in [-0.25, -0.2) is 9.83 Å². The monoisotopic (exact) mass is 421 g/mol. The minimum absolute atomic E-state index is 0.235. The van der Waals surface area contributed by atoms with Crippen LogP contribution in [-0.4, -0.2) is 55.0 Å². The predicted octanol–water partition coefficient (Wildman–Crippen LogP) is 2.67. The molecule has 0 aliphatic carbocycles. The zero-order chi connectivity index (χ0) is 20.9. The first-order chi connectivity index (χ1) is 14.7. The smallest absolute Gasteiger partial charge is 0.268 e. The van der Waals surface area contributed by atoms with Crippen LogP contribution in [-0.2, 0) is 6.42 Å². The molecule has 154 valence electrons. The maximum atomic E-state index is 12.6. The number of fused-ring (bicyclic) bond motifs is 1. The topological polar surface area (TPSA) is 86.5 Å². The molecule has 4 rings (SSSR count). The Morgan fingerprint density at radius 2 is 2.07 bits per heavy atom. The fourth-order valence-electron chi connectivity index (χ4n) is 3.48. The molecule has 0 unspecified atom stereocenters. The molecular weight excluding hydrogens is 398 g/mol. The highest BCUT2D eigenvalue weighted by Crippen LogP contribution is 2.33. The van der Waals surface area contributed by atoms with Crippen LogP contribution in [0.4, 0.5) is 17.2 Å². The van der Waals surface area contributed by atoms with Crippen LogP contribution >= 0.6 is 11.5 Å². The van der Waals surface area contributed by atoms with Gasteiger partial charge in [-0.05, 0) is 41.7 Å². The number of pyridine rings is 1. The van der Waals surface area contributed by atoms with E-state index in [1.54, 1.807) is 7.05 Å². The van der Waals surface area contributed by atoms with Crippen LogP contribution in [0.15, 0.2) is 30.3 Å². The van der Waals surface area contributed by atoms with Crippen LogP contribution < -0.4 is 20.9 Å². The van der Waals surface area contributed by atoms with Crippen molar-refractivity contribution in [3.05, 3.63) is 53.0 Å². The van der Waals surface area contributed by atoms with Crippen LogP contribution in [0.3, 0.4) is 0 Å². The number of nitrogens with one attached hydrogen (secondary N) is 3. The minimum atomic E-state index is -0.285. The molecule has 1 aromatic carbocycles. The van der Waals surface area contributed by atoms with Gasteiger partial charge in [0.05, 0.1) is 11.3 Å². The van der Waals surface area contributed by atoms with Gasteiger partial charge >= 0.3 is 0 Å². The Morgan fingerprint density at radius 1 is 1.30 bits per heavy atom. The first-order valence-corrected chi connectivity index (χ1v) is 10.7. The van der Waals surface area contributed by atoms with Crippen molar-refractivity contribution in [3.63, 3.8) is 0 Å². The fraction of sp³-hybridized carbons (Fsp3) is 0.333. The predicted molar refractivity (Wildman–Crippen MR) is 121 cm³/mol. The van der Waals surface area contributed by atoms with E-state index in [1.165, 1.54) is 28.8 Å². The lowest BCUT2D eigenvalue weighted by Gasteiger charge is -2.29. The molecule has 3 aromatic rings. The Morgan fingerprint density at radius 3 is 2.77 bits per heavy atom. The van der Waals surface area contributed by atoms with E-state index in [4.69, 9.17) is 6.57 Å². The Labute approximate surface area is 179 Å². The van der Waals surface area contributed by atoms with Crippen molar-refractivity contribution in [2.24, 2.45) is 0 Å². The zero-order valence-electron chi connectivity index (χ0n) is 16.7. The highest BCUT2D eigenvalue weighted by atomic mass is 32.1. The number of carbonyl (C=O) groups is 1. The number of hydrogen-bond acceptors (Lipinski definition) is 7. The molecule has 3 heterocycles. The number of anilines is 2. The summed E-state index contributed by atoms with van der Waals surface area (Å²) in [5, 5.41) is 9.23. The molecule has 1 fully saturated rings. The largest absolute Gasteiger partial charge is 0.371 e. The van der Waals surface area contributed by atoms with Crippen LogP contribution in [0.1, 0.15) is 16.1 Å². The normalized spacial score (nSPS) is 13.8. The van der Waals surface area contributed by atoms with Gasteiger partial charge < -0.3 is 20.9 Å². The van der Waals surface area contributed by atoms with Gasteiger partial charge in [0.15, 0.2) is 5.82 Å². The molecule has 1 aliphatic heterocycles. The summed E-state index contributed by atoms with van der Waals surface area (Å²) in [5.74, 6) is 0.298. The lowest BCUT2D eigenvalue weighted by atomic mass is 10.1. The minimum Gasteiger partial charge on any atom is -0.371 e. The van der Waals surface area contributed by atoms with Crippen LogP contribution in [0.25, 0.3) is 15.1 Å². The van der Waals surface area contributed by atoms with Crippen molar-refractivity contribution in [3.8, 4) is 0 Å². The number of piperazine rings is 1. The summed E-state index contributed by atoms with van der Waals surface area (Å²) in [4.78, 5) is 22.9. The first kappa shape index (κ1) is 20.1. The molecule has 0 radical (unpaired) electrons. The number of rotatable bonds is 6. The number of hydrogen-bond donors (Lipinski definition) is 3. The Kier molecular flexibility index (Phi) is 6.07.